The Hall–Kier alpha value is -2.27. The summed E-state index contributed by atoms with van der Waals surface area (Å²) in [5.41, 5.74) is 1.90. The summed E-state index contributed by atoms with van der Waals surface area (Å²) in [6, 6.07) is 11.6. The summed E-state index contributed by atoms with van der Waals surface area (Å²) in [6.45, 7) is 3.10. The van der Waals surface area contributed by atoms with E-state index in [2.05, 4.69) is 0 Å². The summed E-state index contributed by atoms with van der Waals surface area (Å²) in [6.07, 6.45) is 1.45. The molecule has 1 amide bonds. The van der Waals surface area contributed by atoms with Crippen LogP contribution in [0.3, 0.4) is 0 Å². The van der Waals surface area contributed by atoms with E-state index in [0.29, 0.717) is 18.7 Å². The second kappa shape index (κ2) is 7.74. The third-order valence-corrected chi connectivity index (χ3v) is 4.44. The normalized spacial score (nSPS) is 17.6. The molecule has 25 heavy (non-hydrogen) atoms. The summed E-state index contributed by atoms with van der Waals surface area (Å²) < 4.78 is 32.7. The van der Waals surface area contributed by atoms with E-state index in [1.54, 1.807) is 4.90 Å². The minimum Gasteiger partial charge on any atom is -0.372 e. The maximum absolute atomic E-state index is 13.7. The lowest BCUT2D eigenvalue weighted by atomic mass is 10.1. The molecule has 0 saturated carbocycles. The van der Waals surface area contributed by atoms with Crippen LogP contribution in [0.1, 0.15) is 34.3 Å². The first-order chi connectivity index (χ1) is 12.0. The third kappa shape index (κ3) is 4.23. The van der Waals surface area contributed by atoms with Crippen LogP contribution in [-0.2, 0) is 11.3 Å². The first kappa shape index (κ1) is 17.5. The monoisotopic (exact) mass is 345 g/mol. The lowest BCUT2D eigenvalue weighted by Gasteiger charge is -2.33. The van der Waals surface area contributed by atoms with E-state index in [0.717, 1.165) is 24.5 Å². The zero-order valence-electron chi connectivity index (χ0n) is 14.2. The van der Waals surface area contributed by atoms with Gasteiger partial charge in [-0.15, -0.1) is 0 Å². The average molecular weight is 345 g/mol. The Labute approximate surface area is 146 Å². The van der Waals surface area contributed by atoms with Crippen LogP contribution in [0.5, 0.6) is 0 Å². The van der Waals surface area contributed by atoms with Gasteiger partial charge in [0.05, 0.1) is 12.7 Å². The van der Waals surface area contributed by atoms with Gasteiger partial charge < -0.3 is 9.64 Å². The van der Waals surface area contributed by atoms with Crippen LogP contribution >= 0.6 is 0 Å². The summed E-state index contributed by atoms with van der Waals surface area (Å²) >= 11 is 0. The largest absolute Gasteiger partial charge is 0.372 e. The molecule has 2 aromatic rings. The number of benzene rings is 2. The number of rotatable bonds is 4. The number of nitrogens with zero attached hydrogens (tertiary/aromatic N) is 1. The van der Waals surface area contributed by atoms with E-state index in [4.69, 9.17) is 4.74 Å². The Bertz CT molecular complexity index is 763. The minimum absolute atomic E-state index is 0.000730. The smallest absolute Gasteiger partial charge is 0.253 e. The molecule has 0 aromatic heterocycles. The van der Waals surface area contributed by atoms with E-state index in [-0.39, 0.29) is 24.2 Å². The number of aryl methyl sites for hydroxylation is 1. The highest BCUT2D eigenvalue weighted by molar-refractivity contribution is 5.94. The highest BCUT2D eigenvalue weighted by Crippen LogP contribution is 2.19. The predicted molar refractivity (Wildman–Crippen MR) is 91.3 cm³/mol. The molecule has 1 unspecified atom stereocenters. The van der Waals surface area contributed by atoms with Crippen LogP contribution in [0.25, 0.3) is 0 Å². The van der Waals surface area contributed by atoms with Gasteiger partial charge in [0.1, 0.15) is 0 Å². The molecule has 1 heterocycles. The van der Waals surface area contributed by atoms with Crippen molar-refractivity contribution in [3.63, 3.8) is 0 Å². The number of halogens is 2. The van der Waals surface area contributed by atoms with Gasteiger partial charge in [-0.2, -0.15) is 0 Å². The summed E-state index contributed by atoms with van der Waals surface area (Å²) in [5.74, 6) is -1.76. The molecule has 0 spiro atoms. The first-order valence-electron chi connectivity index (χ1n) is 8.45. The highest BCUT2D eigenvalue weighted by atomic mass is 19.2. The van der Waals surface area contributed by atoms with E-state index < -0.39 is 11.6 Å². The number of amides is 1. The maximum atomic E-state index is 13.7. The number of ether oxygens (including phenoxy) is 1. The molecular formula is C20H21F2NO2. The van der Waals surface area contributed by atoms with E-state index >= 15 is 0 Å². The van der Waals surface area contributed by atoms with Crippen LogP contribution < -0.4 is 0 Å². The van der Waals surface area contributed by atoms with E-state index in [1.807, 2.05) is 31.2 Å². The average Bonchev–Trinajstić information content (AvgIpc) is 2.62. The first-order valence-corrected chi connectivity index (χ1v) is 8.45. The van der Waals surface area contributed by atoms with Crippen LogP contribution in [-0.4, -0.2) is 30.0 Å². The molecule has 1 saturated heterocycles. The molecule has 5 heteroatoms. The van der Waals surface area contributed by atoms with Gasteiger partial charge in [0.25, 0.3) is 5.91 Å². The molecule has 0 N–H and O–H groups in total. The Morgan fingerprint density at radius 3 is 2.84 bits per heavy atom. The second-order valence-corrected chi connectivity index (χ2v) is 6.41. The molecule has 0 radical (unpaired) electrons. The molecule has 0 bridgehead atoms. The Morgan fingerprint density at radius 2 is 2.04 bits per heavy atom. The maximum Gasteiger partial charge on any atom is 0.253 e. The van der Waals surface area contributed by atoms with Crippen molar-refractivity contribution in [1.82, 2.24) is 4.90 Å². The molecule has 132 valence electrons. The molecule has 0 aliphatic carbocycles. The number of carbonyl (C=O) groups is 1. The molecule has 1 atom stereocenters. The van der Waals surface area contributed by atoms with Crippen molar-refractivity contribution in [2.45, 2.75) is 32.5 Å². The third-order valence-electron chi connectivity index (χ3n) is 4.44. The quantitative estimate of drug-likeness (QED) is 0.835. The molecule has 1 aliphatic rings. The van der Waals surface area contributed by atoms with Gasteiger partial charge in [-0.05, 0) is 38.0 Å². The molecular weight excluding hydrogens is 324 g/mol. The van der Waals surface area contributed by atoms with Crippen molar-refractivity contribution < 1.29 is 18.3 Å². The fraction of sp³-hybridized carbons (Fsp3) is 0.350. The number of piperidine rings is 1. The minimum atomic E-state index is -0.874. The van der Waals surface area contributed by atoms with Crippen LogP contribution in [0.2, 0.25) is 0 Å². The predicted octanol–water partition coefficient (Wildman–Crippen LogP) is 4.09. The number of carbonyl (C=O) groups excluding carboxylic acids is 1. The van der Waals surface area contributed by atoms with Crippen molar-refractivity contribution in [1.29, 1.82) is 0 Å². The summed E-state index contributed by atoms with van der Waals surface area (Å²) in [7, 11) is 0. The van der Waals surface area contributed by atoms with Gasteiger partial charge >= 0.3 is 0 Å². The number of likely N-dealkylation sites (tertiary alicyclic amines) is 1. The summed E-state index contributed by atoms with van der Waals surface area (Å²) in [5, 5.41) is 0. The van der Waals surface area contributed by atoms with Crippen molar-refractivity contribution >= 4 is 5.91 Å². The molecule has 1 aliphatic heterocycles. The fourth-order valence-corrected chi connectivity index (χ4v) is 3.09. The van der Waals surface area contributed by atoms with E-state index in [9.17, 15) is 13.6 Å². The van der Waals surface area contributed by atoms with Crippen molar-refractivity contribution in [2.24, 2.45) is 0 Å². The van der Waals surface area contributed by atoms with Crippen LogP contribution in [0.4, 0.5) is 8.78 Å². The van der Waals surface area contributed by atoms with Crippen molar-refractivity contribution in [3.8, 4) is 0 Å². The topological polar surface area (TPSA) is 29.5 Å². The number of hydrogen-bond acceptors (Lipinski definition) is 2. The zero-order valence-corrected chi connectivity index (χ0v) is 14.2. The SMILES string of the molecule is Cc1cccc(C(=O)N2CCCC(OCc3cccc(F)c3F)C2)c1. The molecule has 2 aromatic carbocycles. The second-order valence-electron chi connectivity index (χ2n) is 6.41. The van der Waals surface area contributed by atoms with Gasteiger partial charge in [-0.1, -0.05) is 29.8 Å². The van der Waals surface area contributed by atoms with Crippen LogP contribution in [0, 0.1) is 18.6 Å². The number of hydrogen-bond donors (Lipinski definition) is 0. The van der Waals surface area contributed by atoms with Crippen molar-refractivity contribution in [2.75, 3.05) is 13.1 Å². The van der Waals surface area contributed by atoms with Gasteiger partial charge in [0, 0.05) is 24.2 Å². The van der Waals surface area contributed by atoms with Gasteiger partial charge in [-0.25, -0.2) is 8.78 Å². The molecule has 3 nitrogen and oxygen atoms in total. The lowest BCUT2D eigenvalue weighted by molar-refractivity contribution is -0.00777. The molecule has 3 rings (SSSR count). The van der Waals surface area contributed by atoms with E-state index in [1.165, 1.54) is 12.1 Å². The fourth-order valence-electron chi connectivity index (χ4n) is 3.09. The Kier molecular flexibility index (Phi) is 5.43. The van der Waals surface area contributed by atoms with Crippen molar-refractivity contribution in [3.05, 3.63) is 70.8 Å². The standard InChI is InChI=1S/C20H21F2NO2/c1-14-5-2-6-15(11-14)20(24)23-10-4-8-17(12-23)25-13-16-7-3-9-18(21)19(16)22/h2-3,5-7,9,11,17H,4,8,10,12-13H2,1H3. The Balaban J connectivity index is 1.61. The highest BCUT2D eigenvalue weighted by Gasteiger charge is 2.25. The summed E-state index contributed by atoms with van der Waals surface area (Å²) in [4.78, 5) is 14.4. The van der Waals surface area contributed by atoms with Gasteiger partial charge in [0.2, 0.25) is 0 Å². The van der Waals surface area contributed by atoms with Gasteiger partial charge in [0.15, 0.2) is 11.6 Å². The Morgan fingerprint density at radius 1 is 1.24 bits per heavy atom. The lowest BCUT2D eigenvalue weighted by Crippen LogP contribution is -2.43. The molecule has 1 fully saturated rings. The van der Waals surface area contributed by atoms with Gasteiger partial charge in [-0.3, -0.25) is 4.79 Å². The zero-order chi connectivity index (χ0) is 17.8. The van der Waals surface area contributed by atoms with Crippen LogP contribution in [0.15, 0.2) is 42.5 Å².